The van der Waals surface area contributed by atoms with Gasteiger partial charge in [-0.2, -0.15) is 0 Å². The summed E-state index contributed by atoms with van der Waals surface area (Å²) in [5.41, 5.74) is -0.420. The Morgan fingerprint density at radius 2 is 1.94 bits per heavy atom. The summed E-state index contributed by atoms with van der Waals surface area (Å²) >= 11 is 0. The average Bonchev–Trinajstić information content (AvgIpc) is 2.47. The predicted molar refractivity (Wildman–Crippen MR) is 64.5 cm³/mol. The maximum absolute atomic E-state index is 11.6. The molecule has 1 aliphatic rings. The predicted octanol–water partition coefficient (Wildman–Crippen LogP) is 1.99. The number of hydrogen-bond acceptors (Lipinski definition) is 3. The molecule has 4 heteroatoms. The van der Waals surface area contributed by atoms with Crippen LogP contribution in [0.15, 0.2) is 0 Å². The van der Waals surface area contributed by atoms with E-state index in [0.29, 0.717) is 6.04 Å². The molecule has 4 nitrogen and oxygen atoms in total. The number of ether oxygens (including phenoxy) is 1. The second-order valence-electron chi connectivity index (χ2n) is 5.71. The minimum absolute atomic E-state index is 0.227. The number of nitrogens with one attached hydrogen (secondary N) is 1. The first-order chi connectivity index (χ1) is 7.29. The second-order valence-corrected chi connectivity index (χ2v) is 5.71. The molecular formula is C12H24N2O2. The molecule has 0 bridgehead atoms. The molecule has 1 rings (SSSR count). The third kappa shape index (κ3) is 4.00. The lowest BCUT2D eigenvalue weighted by molar-refractivity contribution is 0.0485. The van der Waals surface area contributed by atoms with Crippen molar-refractivity contribution < 1.29 is 9.53 Å². The summed E-state index contributed by atoms with van der Waals surface area (Å²) in [5.74, 6) is 0. The van der Waals surface area contributed by atoms with E-state index >= 15 is 0 Å². The second kappa shape index (κ2) is 5.04. The van der Waals surface area contributed by atoms with Crippen LogP contribution in [-0.2, 0) is 4.74 Å². The molecule has 1 N–H and O–H groups in total. The lowest BCUT2D eigenvalue weighted by Crippen LogP contribution is -2.47. The minimum atomic E-state index is -0.420. The highest BCUT2D eigenvalue weighted by atomic mass is 16.6. The minimum Gasteiger partial charge on any atom is -0.444 e. The highest BCUT2D eigenvalue weighted by Crippen LogP contribution is 2.22. The number of amides is 1. The molecular weight excluding hydrogens is 204 g/mol. The van der Waals surface area contributed by atoms with Crippen LogP contribution in [0.5, 0.6) is 0 Å². The molecule has 16 heavy (non-hydrogen) atoms. The largest absolute Gasteiger partial charge is 0.444 e. The average molecular weight is 228 g/mol. The summed E-state index contributed by atoms with van der Waals surface area (Å²) in [7, 11) is 4.11. The van der Waals surface area contributed by atoms with Gasteiger partial charge in [-0.3, -0.25) is 0 Å². The van der Waals surface area contributed by atoms with Crippen LogP contribution in [0.2, 0.25) is 0 Å². The van der Waals surface area contributed by atoms with Gasteiger partial charge in [0.1, 0.15) is 5.60 Å². The Hall–Kier alpha value is -0.770. The van der Waals surface area contributed by atoms with Crippen molar-refractivity contribution in [1.82, 2.24) is 10.2 Å². The number of hydrogen-bond donors (Lipinski definition) is 1. The Labute approximate surface area is 98.3 Å². The third-order valence-electron chi connectivity index (χ3n) is 2.84. The Balaban J connectivity index is 2.44. The summed E-state index contributed by atoms with van der Waals surface area (Å²) in [5, 5.41) is 2.96. The fourth-order valence-corrected chi connectivity index (χ4v) is 2.19. The summed E-state index contributed by atoms with van der Waals surface area (Å²) in [6.45, 7) is 5.64. The van der Waals surface area contributed by atoms with Crippen molar-refractivity contribution in [1.29, 1.82) is 0 Å². The zero-order valence-electron chi connectivity index (χ0n) is 11.0. The molecule has 2 atom stereocenters. The zero-order valence-corrected chi connectivity index (χ0v) is 11.0. The van der Waals surface area contributed by atoms with Crippen LogP contribution in [0.1, 0.15) is 40.0 Å². The van der Waals surface area contributed by atoms with E-state index in [9.17, 15) is 4.79 Å². The first-order valence-electron chi connectivity index (χ1n) is 5.95. The molecule has 0 heterocycles. The molecule has 0 saturated heterocycles. The molecule has 0 aromatic carbocycles. The van der Waals surface area contributed by atoms with Gasteiger partial charge in [0.05, 0.1) is 0 Å². The maximum atomic E-state index is 11.6. The number of likely N-dealkylation sites (N-methyl/N-ethyl adjacent to an activating group) is 1. The van der Waals surface area contributed by atoms with Crippen LogP contribution in [0, 0.1) is 0 Å². The summed E-state index contributed by atoms with van der Waals surface area (Å²) in [4.78, 5) is 13.8. The van der Waals surface area contributed by atoms with Gasteiger partial charge in [0, 0.05) is 12.1 Å². The molecule has 0 spiro atoms. The Morgan fingerprint density at radius 1 is 1.31 bits per heavy atom. The fraction of sp³-hybridized carbons (Fsp3) is 0.917. The van der Waals surface area contributed by atoms with Crippen LogP contribution in [0.25, 0.3) is 0 Å². The van der Waals surface area contributed by atoms with E-state index in [-0.39, 0.29) is 12.1 Å². The van der Waals surface area contributed by atoms with Crippen molar-refractivity contribution >= 4 is 6.09 Å². The van der Waals surface area contributed by atoms with E-state index in [1.54, 1.807) is 0 Å². The van der Waals surface area contributed by atoms with E-state index in [0.717, 1.165) is 12.8 Å². The number of nitrogens with zero attached hydrogens (tertiary/aromatic N) is 1. The lowest BCUT2D eigenvalue weighted by Gasteiger charge is -2.28. The standard InChI is InChI=1S/C12H24N2O2/c1-12(2,3)16-11(15)13-9-7-6-8-10(9)14(4)5/h9-10H,6-8H2,1-5H3,(H,13,15)/t9-,10-/m0/s1. The monoisotopic (exact) mass is 228 g/mol. The highest BCUT2D eigenvalue weighted by molar-refractivity contribution is 5.68. The topological polar surface area (TPSA) is 41.6 Å². The number of carbonyl (C=O) groups excluding carboxylic acids is 1. The molecule has 94 valence electrons. The molecule has 1 fully saturated rings. The Morgan fingerprint density at radius 3 is 2.44 bits per heavy atom. The fourth-order valence-electron chi connectivity index (χ4n) is 2.19. The van der Waals surface area contributed by atoms with E-state index in [4.69, 9.17) is 4.74 Å². The first kappa shape index (κ1) is 13.3. The van der Waals surface area contributed by atoms with Crippen molar-refractivity contribution in [3.63, 3.8) is 0 Å². The highest BCUT2D eigenvalue weighted by Gasteiger charge is 2.31. The van der Waals surface area contributed by atoms with Crippen molar-refractivity contribution in [2.24, 2.45) is 0 Å². The van der Waals surface area contributed by atoms with Crippen molar-refractivity contribution in [2.75, 3.05) is 14.1 Å². The molecule has 0 aromatic rings. The van der Waals surface area contributed by atoms with Crippen LogP contribution < -0.4 is 5.32 Å². The smallest absolute Gasteiger partial charge is 0.407 e. The third-order valence-corrected chi connectivity index (χ3v) is 2.84. The quantitative estimate of drug-likeness (QED) is 0.786. The van der Waals surface area contributed by atoms with Crippen LogP contribution >= 0.6 is 0 Å². The van der Waals surface area contributed by atoms with Gasteiger partial charge in [0.15, 0.2) is 0 Å². The molecule has 0 radical (unpaired) electrons. The van der Waals surface area contributed by atoms with E-state index in [2.05, 4.69) is 24.3 Å². The first-order valence-corrected chi connectivity index (χ1v) is 5.95. The summed E-state index contributed by atoms with van der Waals surface area (Å²) in [6, 6.07) is 0.664. The molecule has 1 saturated carbocycles. The Bertz CT molecular complexity index is 246. The molecule has 1 amide bonds. The number of rotatable bonds is 2. The van der Waals surface area contributed by atoms with Gasteiger partial charge < -0.3 is 15.0 Å². The van der Waals surface area contributed by atoms with Gasteiger partial charge in [-0.15, -0.1) is 0 Å². The van der Waals surface area contributed by atoms with E-state index in [1.165, 1.54) is 6.42 Å². The van der Waals surface area contributed by atoms with Crippen molar-refractivity contribution in [2.45, 2.75) is 57.7 Å². The van der Waals surface area contributed by atoms with Gasteiger partial charge in [-0.25, -0.2) is 4.79 Å². The van der Waals surface area contributed by atoms with Gasteiger partial charge >= 0.3 is 6.09 Å². The lowest BCUT2D eigenvalue weighted by atomic mass is 10.1. The van der Waals surface area contributed by atoms with Gasteiger partial charge in [0.25, 0.3) is 0 Å². The maximum Gasteiger partial charge on any atom is 0.407 e. The van der Waals surface area contributed by atoms with Gasteiger partial charge in [-0.05, 0) is 54.1 Å². The van der Waals surface area contributed by atoms with E-state index < -0.39 is 5.60 Å². The Kier molecular flexibility index (Phi) is 4.19. The SMILES string of the molecule is CN(C)[C@H]1CCC[C@@H]1NC(=O)OC(C)(C)C. The summed E-state index contributed by atoms with van der Waals surface area (Å²) < 4.78 is 5.26. The molecule has 0 aliphatic heterocycles. The van der Waals surface area contributed by atoms with Crippen molar-refractivity contribution in [3.8, 4) is 0 Å². The van der Waals surface area contributed by atoms with Crippen molar-refractivity contribution in [3.05, 3.63) is 0 Å². The van der Waals surface area contributed by atoms with Crippen LogP contribution in [0.4, 0.5) is 4.79 Å². The van der Waals surface area contributed by atoms with E-state index in [1.807, 2.05) is 20.8 Å². The van der Waals surface area contributed by atoms with Crippen LogP contribution in [-0.4, -0.2) is 42.8 Å². The molecule has 0 unspecified atom stereocenters. The summed E-state index contributed by atoms with van der Waals surface area (Å²) in [6.07, 6.45) is 3.06. The molecule has 0 aromatic heterocycles. The molecule has 1 aliphatic carbocycles. The number of alkyl carbamates (subject to hydrolysis) is 1. The van der Waals surface area contributed by atoms with Gasteiger partial charge in [0.2, 0.25) is 0 Å². The van der Waals surface area contributed by atoms with Gasteiger partial charge in [-0.1, -0.05) is 0 Å². The number of carbonyl (C=O) groups is 1. The normalized spacial score (nSPS) is 25.9. The zero-order chi connectivity index (χ0) is 12.3. The van der Waals surface area contributed by atoms with Crippen LogP contribution in [0.3, 0.4) is 0 Å².